The zero-order valence-electron chi connectivity index (χ0n) is 17.4. The lowest BCUT2D eigenvalue weighted by Gasteiger charge is -2.16. The first-order valence-electron chi connectivity index (χ1n) is 9.82. The number of nitrogens with zero attached hydrogens (tertiary/aromatic N) is 3. The predicted octanol–water partition coefficient (Wildman–Crippen LogP) is 4.99. The van der Waals surface area contributed by atoms with Gasteiger partial charge in [0.15, 0.2) is 0 Å². The fourth-order valence-electron chi connectivity index (χ4n) is 3.26. The van der Waals surface area contributed by atoms with Crippen LogP contribution in [0.3, 0.4) is 0 Å². The molecule has 4 rings (SSSR count). The molecule has 7 nitrogen and oxygen atoms in total. The Morgan fingerprint density at radius 2 is 2.09 bits per heavy atom. The topological polar surface area (TPSA) is 82.2 Å². The SMILES string of the molecule is COc1cccc([C@@H](C)NC(=O)Cn2cccc2-c2nc(-c3ccc(F)c(Br)c3)no2)c1. The van der Waals surface area contributed by atoms with E-state index in [4.69, 9.17) is 9.26 Å². The summed E-state index contributed by atoms with van der Waals surface area (Å²) in [4.78, 5) is 17.1. The van der Waals surface area contributed by atoms with Crippen molar-refractivity contribution in [3.8, 4) is 28.7 Å². The van der Waals surface area contributed by atoms with Crippen LogP contribution in [0.5, 0.6) is 5.75 Å². The number of carbonyl (C=O) groups excluding carboxylic acids is 1. The van der Waals surface area contributed by atoms with Crippen LogP contribution in [0, 0.1) is 5.82 Å². The van der Waals surface area contributed by atoms with Crippen molar-refractivity contribution >= 4 is 21.8 Å². The van der Waals surface area contributed by atoms with Gasteiger partial charge in [0.1, 0.15) is 23.8 Å². The molecule has 0 unspecified atom stereocenters. The van der Waals surface area contributed by atoms with Crippen molar-refractivity contribution < 1.29 is 18.4 Å². The van der Waals surface area contributed by atoms with Crippen LogP contribution in [-0.4, -0.2) is 27.7 Å². The summed E-state index contributed by atoms with van der Waals surface area (Å²) in [6.07, 6.45) is 1.77. The standard InChI is InChI=1S/C23H20BrFN4O3/c1-14(15-5-3-6-17(11-15)31-2)26-21(30)13-29-10-4-7-20(29)23-27-22(28-32-23)16-8-9-19(25)18(24)12-16/h3-12,14H,13H2,1-2H3,(H,26,30)/t14-/m1/s1. The van der Waals surface area contributed by atoms with Crippen LogP contribution >= 0.6 is 15.9 Å². The maximum absolute atomic E-state index is 13.5. The van der Waals surface area contributed by atoms with Crippen molar-refractivity contribution in [1.29, 1.82) is 0 Å². The number of methoxy groups -OCH3 is 1. The Balaban J connectivity index is 1.47. The molecule has 0 fully saturated rings. The summed E-state index contributed by atoms with van der Waals surface area (Å²) in [5, 5.41) is 6.97. The smallest absolute Gasteiger partial charge is 0.274 e. The number of rotatable bonds is 7. The number of aromatic nitrogens is 3. The van der Waals surface area contributed by atoms with Gasteiger partial charge in [-0.25, -0.2) is 4.39 Å². The number of ether oxygens (including phenoxy) is 1. The summed E-state index contributed by atoms with van der Waals surface area (Å²) in [5.74, 6) is 0.779. The van der Waals surface area contributed by atoms with E-state index < -0.39 is 0 Å². The Kier molecular flexibility index (Phi) is 6.36. The highest BCUT2D eigenvalue weighted by Crippen LogP contribution is 2.26. The van der Waals surface area contributed by atoms with Crippen LogP contribution in [0.1, 0.15) is 18.5 Å². The molecule has 1 amide bonds. The van der Waals surface area contributed by atoms with Gasteiger partial charge in [0.25, 0.3) is 5.89 Å². The predicted molar refractivity (Wildman–Crippen MR) is 120 cm³/mol. The van der Waals surface area contributed by atoms with Crippen LogP contribution in [0.4, 0.5) is 4.39 Å². The number of benzene rings is 2. The Labute approximate surface area is 192 Å². The van der Waals surface area contributed by atoms with Crippen molar-refractivity contribution in [2.24, 2.45) is 0 Å². The molecule has 0 saturated heterocycles. The van der Waals surface area contributed by atoms with E-state index in [0.717, 1.165) is 11.3 Å². The molecule has 1 N–H and O–H groups in total. The minimum Gasteiger partial charge on any atom is -0.497 e. The van der Waals surface area contributed by atoms with Crippen LogP contribution < -0.4 is 10.1 Å². The molecule has 1 atom stereocenters. The first-order chi connectivity index (χ1) is 15.4. The Hall–Kier alpha value is -3.46. The maximum Gasteiger partial charge on any atom is 0.274 e. The maximum atomic E-state index is 13.5. The molecule has 9 heteroatoms. The highest BCUT2D eigenvalue weighted by Gasteiger charge is 2.17. The van der Waals surface area contributed by atoms with Gasteiger partial charge < -0.3 is 19.1 Å². The van der Waals surface area contributed by atoms with E-state index in [1.165, 1.54) is 6.07 Å². The minimum absolute atomic E-state index is 0.0798. The zero-order chi connectivity index (χ0) is 22.7. The van der Waals surface area contributed by atoms with Gasteiger partial charge in [0.2, 0.25) is 11.7 Å². The highest BCUT2D eigenvalue weighted by atomic mass is 79.9. The second kappa shape index (κ2) is 9.35. The third kappa shape index (κ3) is 4.72. The average Bonchev–Trinajstić information content (AvgIpc) is 3.45. The van der Waals surface area contributed by atoms with E-state index in [-0.39, 0.29) is 30.2 Å². The molecule has 0 aliphatic carbocycles. The van der Waals surface area contributed by atoms with Gasteiger partial charge in [-0.3, -0.25) is 4.79 Å². The second-order valence-electron chi connectivity index (χ2n) is 7.14. The normalized spacial score (nSPS) is 11.9. The van der Waals surface area contributed by atoms with Gasteiger partial charge in [0.05, 0.1) is 17.6 Å². The first kappa shape index (κ1) is 21.8. The molecule has 0 aliphatic heterocycles. The van der Waals surface area contributed by atoms with Gasteiger partial charge >= 0.3 is 0 Å². The highest BCUT2D eigenvalue weighted by molar-refractivity contribution is 9.10. The van der Waals surface area contributed by atoms with Crippen molar-refractivity contribution in [3.05, 3.63) is 76.6 Å². The number of halogens is 2. The Morgan fingerprint density at radius 3 is 2.88 bits per heavy atom. The summed E-state index contributed by atoms with van der Waals surface area (Å²) in [5.41, 5.74) is 2.16. The first-order valence-corrected chi connectivity index (χ1v) is 10.6. The number of hydrogen-bond donors (Lipinski definition) is 1. The number of hydrogen-bond acceptors (Lipinski definition) is 5. The van der Waals surface area contributed by atoms with Gasteiger partial charge in [-0.2, -0.15) is 4.98 Å². The van der Waals surface area contributed by atoms with Gasteiger partial charge in [-0.15, -0.1) is 0 Å². The number of carbonyl (C=O) groups is 1. The molecule has 4 aromatic rings. The Morgan fingerprint density at radius 1 is 1.25 bits per heavy atom. The molecule has 164 valence electrons. The van der Waals surface area contributed by atoms with E-state index >= 15 is 0 Å². The van der Waals surface area contributed by atoms with Crippen molar-refractivity contribution in [2.45, 2.75) is 19.5 Å². The second-order valence-corrected chi connectivity index (χ2v) is 7.99. The van der Waals surface area contributed by atoms with Crippen molar-refractivity contribution in [1.82, 2.24) is 20.0 Å². The summed E-state index contributed by atoms with van der Waals surface area (Å²) in [7, 11) is 1.60. The molecular weight excluding hydrogens is 479 g/mol. The fraction of sp³-hybridized carbons (Fsp3) is 0.174. The lowest BCUT2D eigenvalue weighted by molar-refractivity contribution is -0.122. The third-order valence-corrected chi connectivity index (χ3v) is 5.55. The average molecular weight is 499 g/mol. The van der Waals surface area contributed by atoms with Crippen LogP contribution in [-0.2, 0) is 11.3 Å². The molecule has 2 aromatic heterocycles. The third-order valence-electron chi connectivity index (χ3n) is 4.94. The van der Waals surface area contributed by atoms with Gasteiger partial charge in [-0.05, 0) is 70.9 Å². The summed E-state index contributed by atoms with van der Waals surface area (Å²) >= 11 is 3.16. The fourth-order valence-corrected chi connectivity index (χ4v) is 3.64. The summed E-state index contributed by atoms with van der Waals surface area (Å²) < 4.78 is 26.2. The van der Waals surface area contributed by atoms with E-state index in [0.29, 0.717) is 21.6 Å². The van der Waals surface area contributed by atoms with Crippen molar-refractivity contribution in [2.75, 3.05) is 7.11 Å². The molecule has 0 bridgehead atoms. The lowest BCUT2D eigenvalue weighted by atomic mass is 10.1. The Bertz CT molecular complexity index is 1250. The molecule has 32 heavy (non-hydrogen) atoms. The zero-order valence-corrected chi connectivity index (χ0v) is 19.0. The molecule has 0 aliphatic rings. The molecule has 0 saturated carbocycles. The van der Waals surface area contributed by atoms with E-state index in [9.17, 15) is 9.18 Å². The van der Waals surface area contributed by atoms with Crippen LogP contribution in [0.25, 0.3) is 23.0 Å². The number of amides is 1. The van der Waals surface area contributed by atoms with Gasteiger partial charge in [0, 0.05) is 11.8 Å². The summed E-state index contributed by atoms with van der Waals surface area (Å²) in [6, 6.07) is 15.4. The minimum atomic E-state index is -0.375. The summed E-state index contributed by atoms with van der Waals surface area (Å²) in [6.45, 7) is 1.99. The van der Waals surface area contributed by atoms with E-state index in [2.05, 4.69) is 31.4 Å². The molecule has 2 heterocycles. The molecule has 0 radical (unpaired) electrons. The monoisotopic (exact) mass is 498 g/mol. The van der Waals surface area contributed by atoms with E-state index in [1.54, 1.807) is 42.1 Å². The van der Waals surface area contributed by atoms with Crippen molar-refractivity contribution in [3.63, 3.8) is 0 Å². The quantitative estimate of drug-likeness (QED) is 0.388. The van der Waals surface area contributed by atoms with E-state index in [1.807, 2.05) is 31.2 Å². The van der Waals surface area contributed by atoms with Gasteiger partial charge in [-0.1, -0.05) is 17.3 Å². The molecule has 0 spiro atoms. The molecule has 2 aromatic carbocycles. The van der Waals surface area contributed by atoms with Crippen LogP contribution in [0.15, 0.2) is 69.8 Å². The number of nitrogens with one attached hydrogen (secondary N) is 1. The lowest BCUT2D eigenvalue weighted by Crippen LogP contribution is -2.30. The molecular formula is C23H20BrFN4O3. The van der Waals surface area contributed by atoms with Crippen LogP contribution in [0.2, 0.25) is 0 Å². The largest absolute Gasteiger partial charge is 0.497 e.